The van der Waals surface area contributed by atoms with Crippen molar-refractivity contribution in [2.75, 3.05) is 0 Å². The fraction of sp³-hybridized carbons (Fsp3) is 0.556. The summed E-state index contributed by atoms with van der Waals surface area (Å²) in [5, 5.41) is 0. The van der Waals surface area contributed by atoms with E-state index in [1.165, 1.54) is 0 Å². The van der Waals surface area contributed by atoms with Crippen molar-refractivity contribution in [1.29, 1.82) is 0 Å². The van der Waals surface area contributed by atoms with Gasteiger partial charge in [-0.15, -0.1) is 0 Å². The zero-order chi connectivity index (χ0) is 10.1. The summed E-state index contributed by atoms with van der Waals surface area (Å²) in [6.07, 6.45) is 5.36. The number of carbonyl (C=O) groups excluding carboxylic acids is 2. The van der Waals surface area contributed by atoms with E-state index in [-0.39, 0.29) is 15.3 Å². The molecule has 4 heteroatoms. The Kier molecular flexibility index (Phi) is 3.46. The minimum Gasteiger partial charge on any atom is -0.286 e. The van der Waals surface area contributed by atoms with Crippen LogP contribution in [0, 0.1) is 11.3 Å². The van der Waals surface area contributed by atoms with E-state index in [1.54, 1.807) is 6.92 Å². The molecule has 0 aromatic rings. The number of rotatable bonds is 2. The third kappa shape index (κ3) is 2.10. The molecule has 0 radical (unpaired) electrons. The lowest BCUT2D eigenvalue weighted by atomic mass is 9.73. The van der Waals surface area contributed by atoms with Gasteiger partial charge in [0.05, 0.1) is 5.41 Å². The Morgan fingerprint density at radius 3 is 2.46 bits per heavy atom. The van der Waals surface area contributed by atoms with Crippen molar-refractivity contribution in [2.24, 2.45) is 11.3 Å². The van der Waals surface area contributed by atoms with Crippen LogP contribution >= 0.6 is 31.9 Å². The SMILES string of the molecule is CC1(C(=O)Br)C=CCCC1C(=O)Br. The van der Waals surface area contributed by atoms with Crippen molar-refractivity contribution in [3.8, 4) is 0 Å². The molecule has 0 bridgehead atoms. The Bertz CT molecular complexity index is 273. The molecule has 13 heavy (non-hydrogen) atoms. The topological polar surface area (TPSA) is 34.1 Å². The van der Waals surface area contributed by atoms with Crippen molar-refractivity contribution in [2.45, 2.75) is 19.8 Å². The lowest BCUT2D eigenvalue weighted by Gasteiger charge is -2.32. The zero-order valence-corrected chi connectivity index (χ0v) is 10.4. The Balaban J connectivity index is 3.02. The first-order valence-electron chi connectivity index (χ1n) is 4.05. The Labute approximate surface area is 94.0 Å². The van der Waals surface area contributed by atoms with E-state index in [9.17, 15) is 9.59 Å². The van der Waals surface area contributed by atoms with Gasteiger partial charge in [0.25, 0.3) is 0 Å². The third-order valence-corrected chi connectivity index (χ3v) is 3.91. The van der Waals surface area contributed by atoms with E-state index in [2.05, 4.69) is 31.9 Å². The van der Waals surface area contributed by atoms with Crippen LogP contribution in [0.3, 0.4) is 0 Å². The molecular formula is C9H10Br2O2. The highest BCUT2D eigenvalue weighted by atomic mass is 79.9. The summed E-state index contributed by atoms with van der Waals surface area (Å²) in [4.78, 5) is 22.6. The van der Waals surface area contributed by atoms with Crippen molar-refractivity contribution in [3.63, 3.8) is 0 Å². The minimum absolute atomic E-state index is 0.0906. The predicted octanol–water partition coefficient (Wildman–Crippen LogP) is 2.80. The zero-order valence-electron chi connectivity index (χ0n) is 7.22. The van der Waals surface area contributed by atoms with Crippen LogP contribution in [0.25, 0.3) is 0 Å². The summed E-state index contributed by atoms with van der Waals surface area (Å²) in [6.45, 7) is 1.78. The molecule has 0 fully saturated rings. The van der Waals surface area contributed by atoms with Crippen molar-refractivity contribution >= 4 is 41.2 Å². The van der Waals surface area contributed by atoms with Crippen LogP contribution in [0.15, 0.2) is 12.2 Å². The molecule has 0 saturated heterocycles. The molecule has 0 heterocycles. The van der Waals surface area contributed by atoms with Crippen molar-refractivity contribution in [1.82, 2.24) is 0 Å². The van der Waals surface area contributed by atoms with Gasteiger partial charge in [0.2, 0.25) is 9.39 Å². The average molecular weight is 310 g/mol. The van der Waals surface area contributed by atoms with Crippen LogP contribution in [0.1, 0.15) is 19.8 Å². The fourth-order valence-electron chi connectivity index (χ4n) is 1.56. The van der Waals surface area contributed by atoms with E-state index in [4.69, 9.17) is 0 Å². The van der Waals surface area contributed by atoms with Gasteiger partial charge in [-0.25, -0.2) is 0 Å². The molecule has 0 saturated carbocycles. The molecule has 1 rings (SSSR count). The van der Waals surface area contributed by atoms with Crippen LogP contribution in [0.4, 0.5) is 0 Å². The summed E-state index contributed by atoms with van der Waals surface area (Å²) in [5.74, 6) is -0.246. The molecule has 0 spiro atoms. The Hall–Kier alpha value is 0.0400. The lowest BCUT2D eigenvalue weighted by molar-refractivity contribution is -0.125. The van der Waals surface area contributed by atoms with Gasteiger partial charge >= 0.3 is 0 Å². The average Bonchev–Trinajstić information content (AvgIpc) is 2.04. The summed E-state index contributed by atoms with van der Waals surface area (Å²) in [7, 11) is 0. The van der Waals surface area contributed by atoms with Gasteiger partial charge in [0, 0.05) is 5.92 Å². The standard InChI is InChI=1S/C9H10Br2O2/c1-9(8(11)13)5-3-2-4-6(9)7(10)12/h3,5-6H,2,4H2,1H3. The normalized spacial score (nSPS) is 33.0. The summed E-state index contributed by atoms with van der Waals surface area (Å²) in [5.41, 5.74) is -0.682. The molecule has 0 N–H and O–H groups in total. The Morgan fingerprint density at radius 1 is 1.46 bits per heavy atom. The highest BCUT2D eigenvalue weighted by molar-refractivity contribution is 9.18. The second-order valence-electron chi connectivity index (χ2n) is 3.39. The second kappa shape index (κ2) is 4.05. The van der Waals surface area contributed by atoms with Gasteiger partial charge in [0.1, 0.15) is 0 Å². The van der Waals surface area contributed by atoms with E-state index < -0.39 is 5.41 Å². The van der Waals surface area contributed by atoms with Crippen LogP contribution in [-0.2, 0) is 9.59 Å². The van der Waals surface area contributed by atoms with Crippen LogP contribution in [-0.4, -0.2) is 9.39 Å². The van der Waals surface area contributed by atoms with Crippen molar-refractivity contribution in [3.05, 3.63) is 12.2 Å². The monoisotopic (exact) mass is 308 g/mol. The van der Waals surface area contributed by atoms with Crippen LogP contribution in [0.5, 0.6) is 0 Å². The molecule has 0 aromatic heterocycles. The molecule has 2 nitrogen and oxygen atoms in total. The van der Waals surface area contributed by atoms with E-state index in [0.717, 1.165) is 12.8 Å². The van der Waals surface area contributed by atoms with E-state index in [1.807, 2.05) is 12.2 Å². The predicted molar refractivity (Wildman–Crippen MR) is 57.8 cm³/mol. The molecule has 0 aliphatic heterocycles. The van der Waals surface area contributed by atoms with Gasteiger partial charge in [0.15, 0.2) is 0 Å². The van der Waals surface area contributed by atoms with Gasteiger partial charge < -0.3 is 0 Å². The molecule has 2 unspecified atom stereocenters. The number of hydrogen-bond acceptors (Lipinski definition) is 2. The molecule has 72 valence electrons. The van der Waals surface area contributed by atoms with Crippen LogP contribution in [0.2, 0.25) is 0 Å². The maximum atomic E-state index is 11.3. The van der Waals surface area contributed by atoms with Gasteiger partial charge in [-0.1, -0.05) is 12.2 Å². The maximum Gasteiger partial charge on any atom is 0.208 e. The first kappa shape index (κ1) is 11.1. The highest BCUT2D eigenvalue weighted by Crippen LogP contribution is 2.40. The van der Waals surface area contributed by atoms with Gasteiger partial charge in [-0.05, 0) is 51.6 Å². The number of allylic oxidation sites excluding steroid dienone is 2. The lowest BCUT2D eigenvalue weighted by Crippen LogP contribution is -2.36. The quantitative estimate of drug-likeness (QED) is 0.580. The second-order valence-corrected chi connectivity index (χ2v) is 4.89. The molecule has 2 atom stereocenters. The number of hydrogen-bond donors (Lipinski definition) is 0. The first-order chi connectivity index (χ1) is 5.98. The molecule has 1 aliphatic rings. The van der Waals surface area contributed by atoms with E-state index in [0.29, 0.717) is 0 Å². The van der Waals surface area contributed by atoms with Gasteiger partial charge in [-0.2, -0.15) is 0 Å². The highest BCUT2D eigenvalue weighted by Gasteiger charge is 2.42. The smallest absolute Gasteiger partial charge is 0.208 e. The molecule has 0 amide bonds. The fourth-order valence-corrected chi connectivity index (χ4v) is 2.67. The van der Waals surface area contributed by atoms with Crippen molar-refractivity contribution < 1.29 is 9.59 Å². The summed E-state index contributed by atoms with van der Waals surface area (Å²) >= 11 is 5.87. The maximum absolute atomic E-state index is 11.3. The summed E-state index contributed by atoms with van der Waals surface area (Å²) in [6, 6.07) is 0. The minimum atomic E-state index is -0.682. The first-order valence-corrected chi connectivity index (χ1v) is 5.64. The third-order valence-electron chi connectivity index (χ3n) is 2.51. The molecule has 1 aliphatic carbocycles. The largest absolute Gasteiger partial charge is 0.286 e. The number of carbonyl (C=O) groups is 2. The molecule has 0 aromatic carbocycles. The Morgan fingerprint density at radius 2 is 2.08 bits per heavy atom. The van der Waals surface area contributed by atoms with Crippen LogP contribution < -0.4 is 0 Å². The van der Waals surface area contributed by atoms with E-state index >= 15 is 0 Å². The van der Waals surface area contributed by atoms with Gasteiger partial charge in [-0.3, -0.25) is 9.59 Å². The summed E-state index contributed by atoms with van der Waals surface area (Å²) < 4.78 is -0.221. The molecular weight excluding hydrogens is 300 g/mol. The number of halogens is 2.